The average molecular weight is 337 g/mol. The zero-order chi connectivity index (χ0) is 17.4. The molecule has 2 heterocycles. The Hall–Kier alpha value is -2.50. The van der Waals surface area contributed by atoms with Crippen molar-refractivity contribution >= 4 is 11.8 Å². The lowest BCUT2D eigenvalue weighted by Crippen LogP contribution is -3.19. The van der Waals surface area contributed by atoms with Gasteiger partial charge in [0.25, 0.3) is 11.8 Å². The molecule has 2 aromatic rings. The highest BCUT2D eigenvalue weighted by atomic mass is 16.5. The Morgan fingerprint density at radius 3 is 2.24 bits per heavy atom. The van der Waals surface area contributed by atoms with Crippen LogP contribution in [0.3, 0.4) is 0 Å². The smallest absolute Gasteiger partial charge is 0.265 e. The predicted molar refractivity (Wildman–Crippen MR) is 92.2 cm³/mol. The average Bonchev–Trinajstić information content (AvgIpc) is 2.89. The van der Waals surface area contributed by atoms with Crippen molar-refractivity contribution < 1.29 is 19.2 Å². The highest BCUT2D eigenvalue weighted by Crippen LogP contribution is 2.23. The van der Waals surface area contributed by atoms with Gasteiger partial charge in [0, 0.05) is 0 Å². The topological polar surface area (TPSA) is 51.1 Å². The molecule has 3 atom stereocenters. The summed E-state index contributed by atoms with van der Waals surface area (Å²) in [5, 5.41) is 0. The van der Waals surface area contributed by atoms with Crippen LogP contribution in [0.15, 0.2) is 54.6 Å². The minimum atomic E-state index is -0.192. The zero-order valence-corrected chi connectivity index (χ0v) is 14.1. The van der Waals surface area contributed by atoms with Gasteiger partial charge >= 0.3 is 0 Å². The van der Waals surface area contributed by atoms with Gasteiger partial charge in [0.15, 0.2) is 6.67 Å². The van der Waals surface area contributed by atoms with E-state index < -0.39 is 0 Å². The molecule has 25 heavy (non-hydrogen) atoms. The highest BCUT2D eigenvalue weighted by Gasteiger charge is 2.41. The minimum absolute atomic E-state index is 0.0277. The van der Waals surface area contributed by atoms with Crippen LogP contribution < -0.4 is 4.90 Å². The third kappa shape index (κ3) is 2.75. The number of hydrogen-bond acceptors (Lipinski definition) is 3. The summed E-state index contributed by atoms with van der Waals surface area (Å²) in [6, 6.07) is 17.3. The largest absolute Gasteiger partial charge is 0.361 e. The Kier molecular flexibility index (Phi) is 4.11. The Morgan fingerprint density at radius 1 is 1.00 bits per heavy atom. The number of fused-ring (bicyclic) bond motifs is 1. The number of benzene rings is 2. The van der Waals surface area contributed by atoms with E-state index in [2.05, 4.69) is 19.1 Å². The summed E-state index contributed by atoms with van der Waals surface area (Å²) in [6.45, 7) is 3.88. The van der Waals surface area contributed by atoms with Gasteiger partial charge in [-0.1, -0.05) is 42.5 Å². The summed E-state index contributed by atoms with van der Waals surface area (Å²) < 4.78 is 5.98. The number of quaternary nitrogens is 1. The highest BCUT2D eigenvalue weighted by molar-refractivity contribution is 6.21. The van der Waals surface area contributed by atoms with Gasteiger partial charge < -0.3 is 9.64 Å². The lowest BCUT2D eigenvalue weighted by molar-refractivity contribution is -0.943. The molecule has 2 amide bonds. The lowest BCUT2D eigenvalue weighted by Gasteiger charge is -2.37. The fourth-order valence-electron chi connectivity index (χ4n) is 3.74. The van der Waals surface area contributed by atoms with E-state index in [0.29, 0.717) is 24.4 Å². The number of carbonyl (C=O) groups is 2. The van der Waals surface area contributed by atoms with Crippen molar-refractivity contribution in [2.45, 2.75) is 19.1 Å². The molecule has 0 spiro atoms. The quantitative estimate of drug-likeness (QED) is 0.859. The Bertz CT molecular complexity index is 771. The Labute approximate surface area is 146 Å². The molecule has 4 rings (SSSR count). The molecular weight excluding hydrogens is 316 g/mol. The van der Waals surface area contributed by atoms with Crippen LogP contribution in [0.2, 0.25) is 0 Å². The first kappa shape index (κ1) is 16.0. The Balaban J connectivity index is 1.53. The number of amides is 2. The maximum absolute atomic E-state index is 12.6. The summed E-state index contributed by atoms with van der Waals surface area (Å²) in [5.41, 5.74) is 2.15. The van der Waals surface area contributed by atoms with Gasteiger partial charge in [-0.25, -0.2) is 4.90 Å². The van der Waals surface area contributed by atoms with E-state index in [1.807, 2.05) is 18.2 Å². The van der Waals surface area contributed by atoms with Crippen molar-refractivity contribution in [2.24, 2.45) is 0 Å². The normalized spacial score (nSPS) is 26.0. The van der Waals surface area contributed by atoms with Crippen LogP contribution in [0, 0.1) is 0 Å². The van der Waals surface area contributed by atoms with Gasteiger partial charge in [0.2, 0.25) is 0 Å². The van der Waals surface area contributed by atoms with Gasteiger partial charge in [-0.05, 0) is 24.6 Å². The molecule has 128 valence electrons. The van der Waals surface area contributed by atoms with E-state index in [9.17, 15) is 9.59 Å². The molecule has 1 saturated heterocycles. The standard InChI is InChI=1S/C20H20N2O3/c1-14-18(15-7-3-2-4-8-15)25-12-11-21(14)13-22-19(23)16-9-5-6-10-17(16)20(22)24/h2-10,14,18H,11-13H2,1H3/p+1/t14-,18+/m0/s1. The van der Waals surface area contributed by atoms with E-state index in [1.54, 1.807) is 24.3 Å². The van der Waals surface area contributed by atoms with E-state index in [4.69, 9.17) is 4.74 Å². The molecule has 0 bridgehead atoms. The fraction of sp³-hybridized carbons (Fsp3) is 0.300. The van der Waals surface area contributed by atoms with Crippen LogP contribution in [0.5, 0.6) is 0 Å². The van der Waals surface area contributed by atoms with Crippen molar-refractivity contribution in [1.29, 1.82) is 0 Å². The second-order valence-corrected chi connectivity index (χ2v) is 6.64. The second kappa shape index (κ2) is 6.43. The number of carbonyl (C=O) groups excluding carboxylic acids is 2. The number of imide groups is 1. The Morgan fingerprint density at radius 2 is 1.60 bits per heavy atom. The van der Waals surface area contributed by atoms with Crippen molar-refractivity contribution in [1.82, 2.24) is 4.90 Å². The van der Waals surface area contributed by atoms with Crippen molar-refractivity contribution in [2.75, 3.05) is 19.8 Å². The maximum atomic E-state index is 12.6. The van der Waals surface area contributed by atoms with Gasteiger partial charge in [-0.15, -0.1) is 0 Å². The van der Waals surface area contributed by atoms with E-state index in [1.165, 1.54) is 9.80 Å². The van der Waals surface area contributed by atoms with Crippen LogP contribution in [-0.2, 0) is 4.74 Å². The van der Waals surface area contributed by atoms with E-state index >= 15 is 0 Å². The summed E-state index contributed by atoms with van der Waals surface area (Å²) in [7, 11) is 0. The van der Waals surface area contributed by atoms with E-state index in [0.717, 1.165) is 12.1 Å². The number of morpholine rings is 1. The van der Waals surface area contributed by atoms with Crippen LogP contribution in [0.1, 0.15) is 39.3 Å². The molecule has 2 aliphatic heterocycles. The first-order valence-corrected chi connectivity index (χ1v) is 8.63. The second-order valence-electron chi connectivity index (χ2n) is 6.64. The van der Waals surface area contributed by atoms with Crippen LogP contribution in [0.25, 0.3) is 0 Å². The lowest BCUT2D eigenvalue weighted by atomic mass is 10.0. The molecule has 0 aromatic heterocycles. The predicted octanol–water partition coefficient (Wildman–Crippen LogP) is 1.29. The van der Waals surface area contributed by atoms with Gasteiger partial charge in [-0.2, -0.15) is 0 Å². The number of nitrogens with one attached hydrogen (secondary N) is 1. The molecule has 2 aliphatic rings. The van der Waals surface area contributed by atoms with Crippen molar-refractivity contribution in [3.63, 3.8) is 0 Å². The van der Waals surface area contributed by atoms with E-state index in [-0.39, 0.29) is 24.0 Å². The molecule has 5 nitrogen and oxygen atoms in total. The monoisotopic (exact) mass is 337 g/mol. The summed E-state index contributed by atoms with van der Waals surface area (Å²) >= 11 is 0. The molecule has 5 heteroatoms. The maximum Gasteiger partial charge on any atom is 0.265 e. The number of ether oxygens (including phenoxy) is 1. The first-order chi connectivity index (χ1) is 12.2. The molecule has 0 radical (unpaired) electrons. The van der Waals surface area contributed by atoms with Gasteiger partial charge in [0.1, 0.15) is 18.7 Å². The van der Waals surface area contributed by atoms with Gasteiger partial charge in [0.05, 0.1) is 17.7 Å². The fourth-order valence-corrected chi connectivity index (χ4v) is 3.74. The molecule has 2 aromatic carbocycles. The third-order valence-electron chi connectivity index (χ3n) is 5.19. The SMILES string of the molecule is C[C@H]1[C@H](c2ccccc2)OCC[NH+]1CN1C(=O)c2ccccc2C1=O. The molecular formula is C20H21N2O3+. The third-order valence-corrected chi connectivity index (χ3v) is 5.19. The molecule has 1 N–H and O–H groups in total. The van der Waals surface area contributed by atoms with Crippen molar-refractivity contribution in [3.8, 4) is 0 Å². The first-order valence-electron chi connectivity index (χ1n) is 8.63. The van der Waals surface area contributed by atoms with Crippen LogP contribution in [0.4, 0.5) is 0 Å². The number of hydrogen-bond donors (Lipinski definition) is 1. The van der Waals surface area contributed by atoms with Crippen LogP contribution >= 0.6 is 0 Å². The molecule has 1 unspecified atom stereocenters. The minimum Gasteiger partial charge on any atom is -0.361 e. The van der Waals surface area contributed by atoms with Crippen LogP contribution in [-0.4, -0.2) is 42.6 Å². The van der Waals surface area contributed by atoms with Gasteiger partial charge in [-0.3, -0.25) is 9.59 Å². The number of rotatable bonds is 3. The molecule has 0 saturated carbocycles. The summed E-state index contributed by atoms with van der Waals surface area (Å²) in [5.74, 6) is -0.383. The number of nitrogens with zero attached hydrogens (tertiary/aromatic N) is 1. The summed E-state index contributed by atoms with van der Waals surface area (Å²) in [4.78, 5) is 27.8. The molecule has 0 aliphatic carbocycles. The van der Waals surface area contributed by atoms with Crippen molar-refractivity contribution in [3.05, 3.63) is 71.3 Å². The molecule has 1 fully saturated rings. The zero-order valence-electron chi connectivity index (χ0n) is 14.1. The summed E-state index contributed by atoms with van der Waals surface area (Å²) in [6.07, 6.45) is -0.0277.